The second-order valence-electron chi connectivity index (χ2n) is 7.09. The van der Waals surface area contributed by atoms with E-state index < -0.39 is 6.09 Å². The van der Waals surface area contributed by atoms with Crippen molar-refractivity contribution >= 4 is 23.4 Å². The Kier molecular flexibility index (Phi) is 8.20. The van der Waals surface area contributed by atoms with Crippen LogP contribution in [0.5, 0.6) is 0 Å². The summed E-state index contributed by atoms with van der Waals surface area (Å²) in [5.41, 5.74) is 3.58. The molecular weight excluding hydrogens is 390 g/mol. The summed E-state index contributed by atoms with van der Waals surface area (Å²) in [4.78, 5) is 26.3. The van der Waals surface area contributed by atoms with Gasteiger partial charge in [-0.2, -0.15) is 0 Å². The number of anilines is 2. The Morgan fingerprint density at radius 3 is 1.71 bits per heavy atom. The third-order valence-corrected chi connectivity index (χ3v) is 4.56. The Hall–Kier alpha value is -3.64. The molecule has 2 amide bonds. The highest BCUT2D eigenvalue weighted by Crippen LogP contribution is 2.15. The third kappa shape index (κ3) is 7.60. The van der Waals surface area contributed by atoms with E-state index in [9.17, 15) is 9.59 Å². The smallest absolute Gasteiger partial charge is 0.411 e. The van der Waals surface area contributed by atoms with Crippen LogP contribution < -0.4 is 10.6 Å². The van der Waals surface area contributed by atoms with Crippen LogP contribution in [0.3, 0.4) is 0 Å². The van der Waals surface area contributed by atoms with Gasteiger partial charge in [0.2, 0.25) is 5.91 Å². The molecule has 3 aromatic rings. The van der Waals surface area contributed by atoms with E-state index in [1.807, 2.05) is 36.4 Å². The quantitative estimate of drug-likeness (QED) is 0.520. The monoisotopic (exact) mass is 417 g/mol. The van der Waals surface area contributed by atoms with Crippen LogP contribution in [0, 0.1) is 0 Å². The molecule has 6 nitrogen and oxygen atoms in total. The molecule has 0 saturated heterocycles. The number of rotatable bonds is 9. The minimum Gasteiger partial charge on any atom is -0.450 e. The van der Waals surface area contributed by atoms with Crippen molar-refractivity contribution in [3.8, 4) is 0 Å². The lowest BCUT2D eigenvalue weighted by Gasteiger charge is -2.22. The summed E-state index contributed by atoms with van der Waals surface area (Å²) in [7, 11) is 0. The van der Waals surface area contributed by atoms with Gasteiger partial charge < -0.3 is 10.1 Å². The van der Waals surface area contributed by atoms with E-state index in [-0.39, 0.29) is 12.5 Å². The molecule has 6 heteroatoms. The molecule has 3 aromatic carbocycles. The molecule has 0 spiro atoms. The number of hydrogen-bond acceptors (Lipinski definition) is 4. The summed E-state index contributed by atoms with van der Waals surface area (Å²) < 4.78 is 4.86. The number of nitrogens with one attached hydrogen (secondary N) is 2. The molecule has 0 unspecified atom stereocenters. The Morgan fingerprint density at radius 2 is 1.23 bits per heavy atom. The number of ether oxygens (including phenoxy) is 1. The van der Waals surface area contributed by atoms with Crippen LogP contribution in [0.1, 0.15) is 18.1 Å². The summed E-state index contributed by atoms with van der Waals surface area (Å²) in [6.07, 6.45) is -0.503. The summed E-state index contributed by atoms with van der Waals surface area (Å²) in [5.74, 6) is -0.0991. The van der Waals surface area contributed by atoms with E-state index in [0.29, 0.717) is 31.1 Å². The average molecular weight is 418 g/mol. The first-order valence-corrected chi connectivity index (χ1v) is 10.3. The maximum Gasteiger partial charge on any atom is 0.411 e. The second-order valence-corrected chi connectivity index (χ2v) is 7.09. The van der Waals surface area contributed by atoms with E-state index in [0.717, 1.165) is 11.1 Å². The molecule has 0 saturated carbocycles. The summed E-state index contributed by atoms with van der Waals surface area (Å²) in [5, 5.41) is 5.55. The predicted molar refractivity (Wildman–Crippen MR) is 123 cm³/mol. The summed E-state index contributed by atoms with van der Waals surface area (Å²) in [6, 6.07) is 27.2. The maximum atomic E-state index is 12.7. The van der Waals surface area contributed by atoms with Crippen molar-refractivity contribution in [3.63, 3.8) is 0 Å². The first-order chi connectivity index (χ1) is 15.1. The lowest BCUT2D eigenvalue weighted by atomic mass is 10.1. The highest BCUT2D eigenvalue weighted by atomic mass is 16.5. The van der Waals surface area contributed by atoms with Crippen LogP contribution >= 0.6 is 0 Å². The minimum atomic E-state index is -0.503. The Labute approximate surface area is 182 Å². The third-order valence-electron chi connectivity index (χ3n) is 4.56. The van der Waals surface area contributed by atoms with Gasteiger partial charge in [0.05, 0.1) is 13.2 Å². The molecule has 3 rings (SSSR count). The first kappa shape index (κ1) is 22.1. The SMILES string of the molecule is CCOC(=O)Nc1ccc(NC(=O)CN(Cc2ccccc2)Cc2ccccc2)cc1. The van der Waals surface area contributed by atoms with Crippen molar-refractivity contribution in [2.45, 2.75) is 20.0 Å². The van der Waals surface area contributed by atoms with Gasteiger partial charge >= 0.3 is 6.09 Å². The lowest BCUT2D eigenvalue weighted by molar-refractivity contribution is -0.117. The largest absolute Gasteiger partial charge is 0.450 e. The van der Waals surface area contributed by atoms with E-state index in [2.05, 4.69) is 39.8 Å². The van der Waals surface area contributed by atoms with Crippen LogP contribution in [-0.2, 0) is 22.6 Å². The minimum absolute atomic E-state index is 0.0991. The fourth-order valence-electron chi connectivity index (χ4n) is 3.18. The molecule has 0 atom stereocenters. The number of benzene rings is 3. The molecule has 0 aromatic heterocycles. The lowest BCUT2D eigenvalue weighted by Crippen LogP contribution is -2.32. The van der Waals surface area contributed by atoms with E-state index in [4.69, 9.17) is 4.74 Å². The predicted octanol–water partition coefficient (Wildman–Crippen LogP) is 4.90. The molecule has 160 valence electrons. The van der Waals surface area contributed by atoms with Gasteiger partial charge in [0, 0.05) is 24.5 Å². The molecule has 0 aliphatic heterocycles. The van der Waals surface area contributed by atoms with E-state index in [1.54, 1.807) is 31.2 Å². The molecule has 0 fully saturated rings. The van der Waals surface area contributed by atoms with Gasteiger partial charge in [0.15, 0.2) is 0 Å². The first-order valence-electron chi connectivity index (χ1n) is 10.3. The molecule has 0 heterocycles. The highest BCUT2D eigenvalue weighted by Gasteiger charge is 2.13. The van der Waals surface area contributed by atoms with Crippen LogP contribution in [0.2, 0.25) is 0 Å². The van der Waals surface area contributed by atoms with Gasteiger partial charge in [-0.25, -0.2) is 4.79 Å². The topological polar surface area (TPSA) is 70.7 Å². The number of nitrogens with zero attached hydrogens (tertiary/aromatic N) is 1. The summed E-state index contributed by atoms with van der Waals surface area (Å²) >= 11 is 0. The van der Waals surface area contributed by atoms with Gasteiger partial charge in [-0.1, -0.05) is 60.7 Å². The van der Waals surface area contributed by atoms with Crippen LogP contribution in [0.4, 0.5) is 16.2 Å². The van der Waals surface area contributed by atoms with Crippen LogP contribution in [-0.4, -0.2) is 30.1 Å². The van der Waals surface area contributed by atoms with Crippen molar-refractivity contribution in [2.75, 3.05) is 23.8 Å². The van der Waals surface area contributed by atoms with Gasteiger partial charge in [-0.05, 0) is 42.3 Å². The van der Waals surface area contributed by atoms with Crippen molar-refractivity contribution < 1.29 is 14.3 Å². The van der Waals surface area contributed by atoms with Crippen LogP contribution in [0.15, 0.2) is 84.9 Å². The Bertz CT molecular complexity index is 919. The van der Waals surface area contributed by atoms with Crippen molar-refractivity contribution in [2.24, 2.45) is 0 Å². The van der Waals surface area contributed by atoms with Gasteiger partial charge in [0.25, 0.3) is 0 Å². The molecule has 2 N–H and O–H groups in total. The zero-order valence-electron chi connectivity index (χ0n) is 17.6. The molecule has 0 aliphatic carbocycles. The van der Waals surface area contributed by atoms with Gasteiger partial charge in [0.1, 0.15) is 0 Å². The Balaban J connectivity index is 1.60. The second kappa shape index (κ2) is 11.5. The van der Waals surface area contributed by atoms with E-state index >= 15 is 0 Å². The number of carbonyl (C=O) groups is 2. The average Bonchev–Trinajstić information content (AvgIpc) is 2.76. The molecule has 0 radical (unpaired) electrons. The highest BCUT2D eigenvalue weighted by molar-refractivity contribution is 5.92. The number of carbonyl (C=O) groups excluding carboxylic acids is 2. The van der Waals surface area contributed by atoms with Gasteiger partial charge in [-0.3, -0.25) is 15.0 Å². The Morgan fingerprint density at radius 1 is 0.742 bits per heavy atom. The summed E-state index contributed by atoms with van der Waals surface area (Å²) in [6.45, 7) is 3.66. The normalized spacial score (nSPS) is 10.5. The zero-order valence-corrected chi connectivity index (χ0v) is 17.6. The number of hydrogen-bond donors (Lipinski definition) is 2. The van der Waals surface area contributed by atoms with E-state index in [1.165, 1.54) is 0 Å². The van der Waals surface area contributed by atoms with Crippen molar-refractivity contribution in [3.05, 3.63) is 96.1 Å². The zero-order chi connectivity index (χ0) is 21.9. The fourth-order valence-corrected chi connectivity index (χ4v) is 3.18. The molecule has 0 bridgehead atoms. The van der Waals surface area contributed by atoms with Crippen molar-refractivity contribution in [1.29, 1.82) is 0 Å². The van der Waals surface area contributed by atoms with Gasteiger partial charge in [-0.15, -0.1) is 0 Å². The standard InChI is InChI=1S/C25H27N3O3/c1-2-31-25(30)27-23-15-13-22(14-16-23)26-24(29)19-28(17-20-9-5-3-6-10-20)18-21-11-7-4-8-12-21/h3-16H,2,17-19H2,1H3,(H,26,29)(H,27,30). The van der Waals surface area contributed by atoms with Crippen molar-refractivity contribution in [1.82, 2.24) is 4.90 Å². The maximum absolute atomic E-state index is 12.7. The molecular formula is C25H27N3O3. The molecule has 31 heavy (non-hydrogen) atoms. The van der Waals surface area contributed by atoms with Crippen LogP contribution in [0.25, 0.3) is 0 Å². The fraction of sp³-hybridized carbons (Fsp3) is 0.200. The number of amides is 2. The molecule has 0 aliphatic rings.